The van der Waals surface area contributed by atoms with Gasteiger partial charge in [-0.25, -0.2) is 0 Å². The third-order valence-electron chi connectivity index (χ3n) is 3.40. The van der Waals surface area contributed by atoms with E-state index in [0.29, 0.717) is 30.6 Å². The van der Waals surface area contributed by atoms with Gasteiger partial charge in [-0.05, 0) is 18.6 Å². The minimum atomic E-state index is -0.0179. The first kappa shape index (κ1) is 14.4. The fourth-order valence-corrected chi connectivity index (χ4v) is 2.27. The molecule has 22 heavy (non-hydrogen) atoms. The summed E-state index contributed by atoms with van der Waals surface area (Å²) in [5.41, 5.74) is 0. The van der Waals surface area contributed by atoms with Gasteiger partial charge >= 0.3 is 0 Å². The molecule has 0 radical (unpaired) electrons. The van der Waals surface area contributed by atoms with Gasteiger partial charge in [0.25, 0.3) is 0 Å². The number of hydrogen-bond acceptors (Lipinski definition) is 6. The average molecular weight is 302 g/mol. The highest BCUT2D eigenvalue weighted by Gasteiger charge is 2.21. The van der Waals surface area contributed by atoms with Crippen molar-refractivity contribution in [3.8, 4) is 23.3 Å². The highest BCUT2D eigenvalue weighted by Crippen LogP contribution is 2.31. The monoisotopic (exact) mass is 302 g/mol. The molecule has 2 aromatic rings. The first-order chi connectivity index (χ1) is 10.8. The van der Waals surface area contributed by atoms with E-state index >= 15 is 0 Å². The quantitative estimate of drug-likeness (QED) is 0.844. The first-order valence-electron chi connectivity index (χ1n) is 7.13. The average Bonchev–Trinajstić information content (AvgIpc) is 2.59. The third-order valence-corrected chi connectivity index (χ3v) is 3.40. The van der Waals surface area contributed by atoms with Crippen molar-refractivity contribution in [2.24, 2.45) is 0 Å². The summed E-state index contributed by atoms with van der Waals surface area (Å²) in [6, 6.07) is 9.33. The number of hydrogen-bond donors (Lipinski definition) is 0. The Bertz CT molecular complexity index is 626. The van der Waals surface area contributed by atoms with E-state index in [-0.39, 0.29) is 6.10 Å². The van der Waals surface area contributed by atoms with E-state index in [1.165, 1.54) is 0 Å². The van der Waals surface area contributed by atoms with Gasteiger partial charge in [0, 0.05) is 6.42 Å². The summed E-state index contributed by atoms with van der Waals surface area (Å²) < 4.78 is 21.9. The van der Waals surface area contributed by atoms with Crippen molar-refractivity contribution in [1.29, 1.82) is 0 Å². The van der Waals surface area contributed by atoms with E-state index in [1.807, 2.05) is 24.3 Å². The van der Waals surface area contributed by atoms with E-state index in [2.05, 4.69) is 9.97 Å². The molecule has 116 valence electrons. The van der Waals surface area contributed by atoms with Gasteiger partial charge < -0.3 is 18.9 Å². The van der Waals surface area contributed by atoms with Crippen LogP contribution in [-0.4, -0.2) is 36.9 Å². The summed E-state index contributed by atoms with van der Waals surface area (Å²) in [5.74, 6) is 3.22. The number of benzene rings is 1. The maximum Gasteiger partial charge on any atom is 0.220 e. The molecule has 6 heteroatoms. The van der Waals surface area contributed by atoms with Crippen LogP contribution in [0, 0.1) is 0 Å². The summed E-state index contributed by atoms with van der Waals surface area (Å²) in [6.07, 6.45) is 1.39. The van der Waals surface area contributed by atoms with E-state index in [4.69, 9.17) is 18.9 Å². The minimum absolute atomic E-state index is 0.0179. The molecule has 0 saturated carbocycles. The van der Waals surface area contributed by atoms with Crippen molar-refractivity contribution in [2.45, 2.75) is 18.9 Å². The second-order valence-electron chi connectivity index (χ2n) is 4.91. The third kappa shape index (κ3) is 3.21. The summed E-state index contributed by atoms with van der Waals surface area (Å²) in [5, 5.41) is 0. The molecule has 3 rings (SSSR count). The second kappa shape index (κ2) is 6.51. The molecule has 0 saturated heterocycles. The largest absolute Gasteiger partial charge is 0.486 e. The molecule has 0 fully saturated rings. The number of ether oxygens (including phenoxy) is 4. The van der Waals surface area contributed by atoms with Gasteiger partial charge in [0.05, 0.1) is 20.3 Å². The van der Waals surface area contributed by atoms with Gasteiger partial charge in [0.1, 0.15) is 18.5 Å². The van der Waals surface area contributed by atoms with Crippen molar-refractivity contribution in [3.05, 3.63) is 36.2 Å². The Kier molecular flexibility index (Phi) is 4.27. The lowest BCUT2D eigenvalue weighted by molar-refractivity contribution is 0.0847. The summed E-state index contributed by atoms with van der Waals surface area (Å²) >= 11 is 0. The Hall–Kier alpha value is -2.50. The highest BCUT2D eigenvalue weighted by molar-refractivity contribution is 5.40. The molecule has 1 atom stereocenters. The Morgan fingerprint density at radius 1 is 1.09 bits per heavy atom. The SMILES string of the molecule is COc1cc(OC)nc(CC[C@H]2COc3ccccc3O2)n1. The zero-order valence-electron chi connectivity index (χ0n) is 12.6. The molecule has 6 nitrogen and oxygen atoms in total. The summed E-state index contributed by atoms with van der Waals surface area (Å²) in [6.45, 7) is 0.526. The van der Waals surface area contributed by atoms with Crippen LogP contribution in [-0.2, 0) is 6.42 Å². The van der Waals surface area contributed by atoms with Gasteiger partial charge in [0.2, 0.25) is 11.8 Å². The number of aryl methyl sites for hydroxylation is 1. The van der Waals surface area contributed by atoms with E-state index in [0.717, 1.165) is 17.9 Å². The van der Waals surface area contributed by atoms with Gasteiger partial charge in [-0.2, -0.15) is 9.97 Å². The maximum absolute atomic E-state index is 5.92. The number of para-hydroxylation sites is 2. The maximum atomic E-state index is 5.92. The van der Waals surface area contributed by atoms with Crippen LogP contribution in [0.1, 0.15) is 12.2 Å². The highest BCUT2D eigenvalue weighted by atomic mass is 16.6. The van der Waals surface area contributed by atoms with Gasteiger partial charge in [-0.15, -0.1) is 0 Å². The first-order valence-corrected chi connectivity index (χ1v) is 7.13. The van der Waals surface area contributed by atoms with Gasteiger partial charge in [0.15, 0.2) is 11.5 Å². The van der Waals surface area contributed by atoms with Crippen molar-refractivity contribution < 1.29 is 18.9 Å². The van der Waals surface area contributed by atoms with Crippen LogP contribution < -0.4 is 18.9 Å². The van der Waals surface area contributed by atoms with E-state index in [1.54, 1.807) is 20.3 Å². The number of fused-ring (bicyclic) bond motifs is 1. The van der Waals surface area contributed by atoms with E-state index < -0.39 is 0 Å². The topological polar surface area (TPSA) is 62.7 Å². The minimum Gasteiger partial charge on any atom is -0.486 e. The van der Waals surface area contributed by atoms with Crippen LogP contribution in [0.4, 0.5) is 0 Å². The van der Waals surface area contributed by atoms with Crippen LogP contribution in [0.5, 0.6) is 23.3 Å². The molecule has 1 aliphatic rings. The number of aromatic nitrogens is 2. The lowest BCUT2D eigenvalue weighted by atomic mass is 10.1. The van der Waals surface area contributed by atoms with Gasteiger partial charge in [-0.3, -0.25) is 0 Å². The molecule has 0 N–H and O–H groups in total. The zero-order chi connectivity index (χ0) is 15.4. The van der Waals surface area contributed by atoms with Gasteiger partial charge in [-0.1, -0.05) is 12.1 Å². The predicted octanol–water partition coefficient (Wildman–Crippen LogP) is 2.27. The Labute approximate surface area is 129 Å². The molecule has 0 bridgehead atoms. The number of methoxy groups -OCH3 is 2. The smallest absolute Gasteiger partial charge is 0.220 e. The molecule has 0 amide bonds. The van der Waals surface area contributed by atoms with Crippen LogP contribution in [0.15, 0.2) is 30.3 Å². The van der Waals surface area contributed by atoms with E-state index in [9.17, 15) is 0 Å². The van der Waals surface area contributed by atoms with Crippen molar-refractivity contribution in [1.82, 2.24) is 9.97 Å². The molecule has 1 aliphatic heterocycles. The van der Waals surface area contributed by atoms with Crippen LogP contribution in [0.2, 0.25) is 0 Å². The molecule has 1 aromatic carbocycles. The summed E-state index contributed by atoms with van der Waals surface area (Å²) in [4.78, 5) is 8.64. The van der Waals surface area contributed by atoms with Crippen LogP contribution >= 0.6 is 0 Å². The predicted molar refractivity (Wildman–Crippen MR) is 79.8 cm³/mol. The standard InChI is InChI=1S/C16H18N2O4/c1-19-15-9-16(20-2)18-14(17-15)8-7-11-10-21-12-5-3-4-6-13(12)22-11/h3-6,9,11H,7-8,10H2,1-2H3/t11-/m0/s1. The Morgan fingerprint density at radius 3 is 2.45 bits per heavy atom. The van der Waals surface area contributed by atoms with Crippen molar-refractivity contribution >= 4 is 0 Å². The molecule has 1 aromatic heterocycles. The van der Waals surface area contributed by atoms with Crippen molar-refractivity contribution in [3.63, 3.8) is 0 Å². The molecule has 2 heterocycles. The Morgan fingerprint density at radius 2 is 1.77 bits per heavy atom. The van der Waals surface area contributed by atoms with Crippen LogP contribution in [0.25, 0.3) is 0 Å². The molecule has 0 unspecified atom stereocenters. The molecular formula is C16H18N2O4. The molecular weight excluding hydrogens is 284 g/mol. The molecule has 0 aliphatic carbocycles. The second-order valence-corrected chi connectivity index (χ2v) is 4.91. The normalized spacial score (nSPS) is 16.2. The lowest BCUT2D eigenvalue weighted by Crippen LogP contribution is -2.29. The summed E-state index contributed by atoms with van der Waals surface area (Å²) in [7, 11) is 3.14. The van der Waals surface area contributed by atoms with Crippen LogP contribution in [0.3, 0.4) is 0 Å². The fourth-order valence-electron chi connectivity index (χ4n) is 2.27. The number of nitrogens with zero attached hydrogens (tertiary/aromatic N) is 2. The Balaban J connectivity index is 1.64. The molecule has 0 spiro atoms. The zero-order valence-corrected chi connectivity index (χ0v) is 12.6. The lowest BCUT2D eigenvalue weighted by Gasteiger charge is -2.26. The number of rotatable bonds is 5. The fraction of sp³-hybridized carbons (Fsp3) is 0.375. The van der Waals surface area contributed by atoms with Crippen molar-refractivity contribution in [2.75, 3.05) is 20.8 Å².